The van der Waals surface area contributed by atoms with Crippen LogP contribution >= 0.6 is 0 Å². The van der Waals surface area contributed by atoms with Crippen molar-refractivity contribution in [2.45, 2.75) is 66.2 Å². The predicted molar refractivity (Wildman–Crippen MR) is 140 cm³/mol. The van der Waals surface area contributed by atoms with E-state index in [1.54, 1.807) is 5.57 Å². The zero-order chi connectivity index (χ0) is 23.2. The third-order valence-electron chi connectivity index (χ3n) is 7.31. The van der Waals surface area contributed by atoms with Gasteiger partial charge in [0.05, 0.1) is 17.3 Å². The molecule has 1 saturated carbocycles. The van der Waals surface area contributed by atoms with Crippen LogP contribution in [-0.4, -0.2) is 17.6 Å². The molecular weight excluding hydrogens is 389 g/mol. The molecule has 0 bridgehead atoms. The largest absolute Gasteiger partial charge is 0.340 e. The topological polar surface area (TPSA) is 21.1 Å². The minimum absolute atomic E-state index is 0.0266. The highest BCUT2D eigenvalue weighted by Gasteiger charge is 2.51. The van der Waals surface area contributed by atoms with E-state index in [9.17, 15) is 0 Å². The van der Waals surface area contributed by atoms with Crippen LogP contribution in [0, 0.1) is 5.92 Å². The second-order valence-corrected chi connectivity index (χ2v) is 9.85. The third-order valence-corrected chi connectivity index (χ3v) is 7.31. The Morgan fingerprint density at radius 3 is 2.69 bits per heavy atom. The van der Waals surface area contributed by atoms with Crippen molar-refractivity contribution in [2.75, 3.05) is 4.92 Å². The van der Waals surface area contributed by atoms with Crippen molar-refractivity contribution in [1.82, 2.24) is 9.66 Å². The first-order valence-corrected chi connectivity index (χ1v) is 11.9. The third kappa shape index (κ3) is 3.60. The van der Waals surface area contributed by atoms with E-state index in [4.69, 9.17) is 4.98 Å². The van der Waals surface area contributed by atoms with Crippen molar-refractivity contribution >= 4 is 13.6 Å². The predicted octanol–water partition coefficient (Wildman–Crippen LogP) is 6.28. The molecule has 2 atom stereocenters. The van der Waals surface area contributed by atoms with Gasteiger partial charge in [-0.25, -0.2) is 9.66 Å². The minimum Gasteiger partial charge on any atom is -0.340 e. The van der Waals surface area contributed by atoms with Crippen molar-refractivity contribution in [3.05, 3.63) is 83.0 Å². The standard InChI is InChI=1S/C28H36BN3/c1-8-10-21(9-2)22-11-12-23(24(15-22)18(3)4)26-17-30-27-28(7)16-25(28)20(6)19(5)13-14-31(29)32(26)27/h8-15,17-19H,16,29H2,1-7H3/b10-8-,14-13-,21-9+,25-20-. The zero-order valence-corrected chi connectivity index (χ0v) is 20.9. The van der Waals surface area contributed by atoms with Crippen LogP contribution < -0.4 is 4.92 Å². The number of imidazole rings is 1. The summed E-state index contributed by atoms with van der Waals surface area (Å²) in [4.78, 5) is 7.23. The van der Waals surface area contributed by atoms with Crippen LogP contribution in [0.5, 0.6) is 0 Å². The molecule has 32 heavy (non-hydrogen) atoms. The summed E-state index contributed by atoms with van der Waals surface area (Å²) in [6.07, 6.45) is 14.1. The smallest absolute Gasteiger partial charge is 0.246 e. The molecule has 0 saturated heterocycles. The van der Waals surface area contributed by atoms with Crippen LogP contribution in [0.15, 0.2) is 66.0 Å². The average Bonchev–Trinajstić information content (AvgIpc) is 3.26. The number of fused-ring (bicyclic) bond motifs is 3. The summed E-state index contributed by atoms with van der Waals surface area (Å²) in [5, 5.41) is 0. The maximum atomic E-state index is 5.02. The fraction of sp³-hybridized carbons (Fsp3) is 0.393. The molecule has 2 aliphatic rings. The molecule has 0 spiro atoms. The summed E-state index contributed by atoms with van der Waals surface area (Å²) < 4.78 is 2.33. The van der Waals surface area contributed by atoms with Gasteiger partial charge >= 0.3 is 0 Å². The highest BCUT2D eigenvalue weighted by molar-refractivity contribution is 6.14. The number of hydrogen-bond donors (Lipinski definition) is 0. The first-order chi connectivity index (χ1) is 15.2. The van der Waals surface area contributed by atoms with Crippen LogP contribution in [0.2, 0.25) is 0 Å². The monoisotopic (exact) mass is 425 g/mol. The van der Waals surface area contributed by atoms with Crippen LogP contribution in [0.3, 0.4) is 0 Å². The van der Waals surface area contributed by atoms with Crippen molar-refractivity contribution in [2.24, 2.45) is 5.92 Å². The fourth-order valence-electron chi connectivity index (χ4n) is 5.05. The van der Waals surface area contributed by atoms with E-state index in [-0.39, 0.29) is 5.41 Å². The lowest BCUT2D eigenvalue weighted by atomic mass is 9.91. The van der Waals surface area contributed by atoms with Crippen LogP contribution in [0.4, 0.5) is 0 Å². The van der Waals surface area contributed by atoms with Crippen molar-refractivity contribution in [3.8, 4) is 11.3 Å². The van der Waals surface area contributed by atoms with Gasteiger partial charge < -0.3 is 4.92 Å². The second-order valence-electron chi connectivity index (χ2n) is 9.85. The molecule has 1 fully saturated rings. The van der Waals surface area contributed by atoms with Crippen LogP contribution in [0.1, 0.15) is 77.8 Å². The molecule has 1 aromatic heterocycles. The Labute approximate surface area is 194 Å². The molecule has 1 aliphatic heterocycles. The summed E-state index contributed by atoms with van der Waals surface area (Å²) >= 11 is 0. The number of hydrogen-bond acceptors (Lipinski definition) is 2. The van der Waals surface area contributed by atoms with E-state index in [0.29, 0.717) is 11.8 Å². The summed E-state index contributed by atoms with van der Waals surface area (Å²) in [6, 6.07) is 6.89. The normalized spacial score (nSPS) is 26.6. The Bertz CT molecular complexity index is 1160. The Balaban J connectivity index is 1.91. The van der Waals surface area contributed by atoms with Gasteiger partial charge in [-0.15, -0.1) is 0 Å². The lowest BCUT2D eigenvalue weighted by Crippen LogP contribution is -2.31. The van der Waals surface area contributed by atoms with Crippen molar-refractivity contribution in [1.29, 1.82) is 0 Å². The van der Waals surface area contributed by atoms with E-state index < -0.39 is 0 Å². The van der Waals surface area contributed by atoms with Gasteiger partial charge in [-0.05, 0) is 62.7 Å². The second kappa shape index (κ2) is 8.31. The highest BCUT2D eigenvalue weighted by atomic mass is 15.5. The van der Waals surface area contributed by atoms with Gasteiger partial charge in [0.1, 0.15) is 5.82 Å². The van der Waals surface area contributed by atoms with Crippen LogP contribution in [0.25, 0.3) is 16.8 Å². The maximum absolute atomic E-state index is 5.02. The minimum atomic E-state index is 0.0266. The number of aromatic nitrogens is 2. The van der Waals surface area contributed by atoms with E-state index in [1.807, 2.05) is 0 Å². The summed E-state index contributed by atoms with van der Waals surface area (Å²) in [5.74, 6) is 2.00. The van der Waals surface area contributed by atoms with E-state index in [1.165, 1.54) is 27.8 Å². The quantitative estimate of drug-likeness (QED) is 0.327. The Kier molecular flexibility index (Phi) is 5.83. The molecule has 1 aromatic carbocycles. The van der Waals surface area contributed by atoms with Gasteiger partial charge in [-0.2, -0.15) is 0 Å². The molecule has 4 rings (SSSR count). The molecule has 1 aliphatic carbocycles. The first kappa shape index (κ1) is 22.4. The first-order valence-electron chi connectivity index (χ1n) is 11.9. The summed E-state index contributed by atoms with van der Waals surface area (Å²) in [7, 11) is 2.14. The Morgan fingerprint density at radius 2 is 2.03 bits per heavy atom. The van der Waals surface area contributed by atoms with Crippen molar-refractivity contribution < 1.29 is 0 Å². The lowest BCUT2D eigenvalue weighted by molar-refractivity contribution is 0.669. The zero-order valence-electron chi connectivity index (χ0n) is 20.9. The number of rotatable bonds is 4. The molecule has 2 heterocycles. The number of benzene rings is 1. The molecule has 0 amide bonds. The molecule has 166 valence electrons. The van der Waals surface area contributed by atoms with Crippen LogP contribution in [-0.2, 0) is 5.41 Å². The van der Waals surface area contributed by atoms with Gasteiger partial charge in [0.15, 0.2) is 0 Å². The van der Waals surface area contributed by atoms with Gasteiger partial charge in [0, 0.05) is 11.8 Å². The summed E-state index contributed by atoms with van der Waals surface area (Å²) in [6.45, 7) is 15.7. The van der Waals surface area contributed by atoms with Gasteiger partial charge in [0.25, 0.3) is 0 Å². The van der Waals surface area contributed by atoms with E-state index in [2.05, 4.69) is 121 Å². The molecule has 0 radical (unpaired) electrons. The van der Waals surface area contributed by atoms with Crippen molar-refractivity contribution in [3.63, 3.8) is 0 Å². The van der Waals surface area contributed by atoms with Gasteiger partial charge in [0.2, 0.25) is 7.98 Å². The molecule has 3 nitrogen and oxygen atoms in total. The molecule has 4 heteroatoms. The molecule has 2 aromatic rings. The summed E-state index contributed by atoms with van der Waals surface area (Å²) in [5.41, 5.74) is 9.36. The Morgan fingerprint density at radius 1 is 1.28 bits per heavy atom. The fourth-order valence-corrected chi connectivity index (χ4v) is 5.05. The molecular formula is C28H36BN3. The number of nitrogens with zero attached hydrogens (tertiary/aromatic N) is 3. The SMILES string of the molecule is BN1/C=C\C(C)/C(C)=C2/CC2(C)c2ncc(-c3ccc(C(/C=C\C)=C/C)cc3C(C)C)n21. The van der Waals surface area contributed by atoms with Gasteiger partial charge in [-0.1, -0.05) is 74.4 Å². The number of allylic oxidation sites excluding steroid dienone is 7. The van der Waals surface area contributed by atoms with E-state index in [0.717, 1.165) is 17.9 Å². The van der Waals surface area contributed by atoms with Gasteiger partial charge in [-0.3, -0.25) is 0 Å². The molecule has 2 unspecified atom stereocenters. The maximum Gasteiger partial charge on any atom is 0.246 e. The lowest BCUT2D eigenvalue weighted by Gasteiger charge is -2.25. The van der Waals surface area contributed by atoms with E-state index >= 15 is 0 Å². The average molecular weight is 425 g/mol. The molecule has 0 N–H and O–H groups in total. The Hall–Kier alpha value is -2.75. The highest BCUT2D eigenvalue weighted by Crippen LogP contribution is 2.56.